The third-order valence-electron chi connectivity index (χ3n) is 4.92. The molecule has 0 aromatic heterocycles. The highest BCUT2D eigenvalue weighted by Gasteiger charge is 2.13. The molecule has 0 bridgehead atoms. The molecule has 0 amide bonds. The van der Waals surface area contributed by atoms with Gasteiger partial charge in [0.2, 0.25) is 0 Å². The van der Waals surface area contributed by atoms with Gasteiger partial charge in [0.15, 0.2) is 0 Å². The van der Waals surface area contributed by atoms with Crippen molar-refractivity contribution in [1.82, 2.24) is 0 Å². The number of hydrogen-bond donors (Lipinski definition) is 0. The van der Waals surface area contributed by atoms with Gasteiger partial charge >= 0.3 is 11.9 Å². The van der Waals surface area contributed by atoms with Gasteiger partial charge in [0.05, 0.1) is 13.2 Å². The van der Waals surface area contributed by atoms with Crippen LogP contribution in [0, 0.1) is 0 Å². The molecule has 0 unspecified atom stereocenters. The van der Waals surface area contributed by atoms with Gasteiger partial charge in [0, 0.05) is 11.6 Å². The maximum Gasteiger partial charge on any atom is 0.334 e. The molecule has 4 heteroatoms. The standard InChI is InChI=1S/C24H44O4/c1-4-7-8-9-10-11-12-13-14-15-16-17-18-19-20-22(24(26)28-6-3)21-23(25)27-5-2/h21H,4-20H2,1-3H3/b22-21-. The molecule has 0 atom stereocenters. The van der Waals surface area contributed by atoms with E-state index in [-0.39, 0.29) is 0 Å². The molecule has 0 aromatic rings. The Morgan fingerprint density at radius 2 is 1.04 bits per heavy atom. The first-order chi connectivity index (χ1) is 13.7. The average molecular weight is 397 g/mol. The Labute approximate surface area is 173 Å². The van der Waals surface area contributed by atoms with Gasteiger partial charge in [-0.15, -0.1) is 0 Å². The van der Waals surface area contributed by atoms with E-state index in [1.807, 2.05) is 0 Å². The molecular formula is C24H44O4. The zero-order valence-electron chi connectivity index (χ0n) is 18.7. The number of carbonyl (C=O) groups is 2. The molecule has 0 spiro atoms. The number of carbonyl (C=O) groups excluding carboxylic acids is 2. The number of ether oxygens (including phenoxy) is 2. The third kappa shape index (κ3) is 16.8. The molecule has 0 aliphatic rings. The number of rotatable bonds is 19. The Morgan fingerprint density at radius 3 is 1.46 bits per heavy atom. The van der Waals surface area contributed by atoms with Crippen LogP contribution in [0.2, 0.25) is 0 Å². The van der Waals surface area contributed by atoms with Crippen LogP contribution in [0.4, 0.5) is 0 Å². The average Bonchev–Trinajstić information content (AvgIpc) is 2.67. The third-order valence-corrected chi connectivity index (χ3v) is 4.92. The lowest BCUT2D eigenvalue weighted by Crippen LogP contribution is -2.11. The van der Waals surface area contributed by atoms with Crippen molar-refractivity contribution in [3.63, 3.8) is 0 Å². The second-order valence-electron chi connectivity index (χ2n) is 7.49. The Balaban J connectivity index is 3.71. The summed E-state index contributed by atoms with van der Waals surface area (Å²) in [6.07, 6.45) is 20.0. The van der Waals surface area contributed by atoms with Crippen molar-refractivity contribution in [2.24, 2.45) is 0 Å². The lowest BCUT2D eigenvalue weighted by Gasteiger charge is -2.07. The summed E-state index contributed by atoms with van der Waals surface area (Å²) in [5.41, 5.74) is 0.430. The molecule has 0 aromatic carbocycles. The van der Waals surface area contributed by atoms with Gasteiger partial charge in [-0.05, 0) is 26.7 Å². The van der Waals surface area contributed by atoms with E-state index >= 15 is 0 Å². The first kappa shape index (κ1) is 26.7. The predicted molar refractivity (Wildman–Crippen MR) is 116 cm³/mol. The molecule has 4 nitrogen and oxygen atoms in total. The Kier molecular flexibility index (Phi) is 19.5. The zero-order chi connectivity index (χ0) is 20.9. The van der Waals surface area contributed by atoms with Gasteiger partial charge in [0.1, 0.15) is 0 Å². The van der Waals surface area contributed by atoms with Crippen LogP contribution in [0.1, 0.15) is 117 Å². The van der Waals surface area contributed by atoms with Crippen LogP contribution in [-0.4, -0.2) is 25.2 Å². The molecule has 0 N–H and O–H groups in total. The molecule has 0 saturated carbocycles. The molecule has 0 radical (unpaired) electrons. The van der Waals surface area contributed by atoms with Crippen LogP contribution in [0.25, 0.3) is 0 Å². The van der Waals surface area contributed by atoms with E-state index < -0.39 is 11.9 Å². The van der Waals surface area contributed by atoms with Crippen LogP contribution >= 0.6 is 0 Å². The second-order valence-corrected chi connectivity index (χ2v) is 7.49. The van der Waals surface area contributed by atoms with Crippen molar-refractivity contribution < 1.29 is 19.1 Å². The molecular weight excluding hydrogens is 352 g/mol. The molecule has 164 valence electrons. The van der Waals surface area contributed by atoms with E-state index in [1.54, 1.807) is 13.8 Å². The van der Waals surface area contributed by atoms with Gasteiger partial charge in [-0.25, -0.2) is 9.59 Å². The van der Waals surface area contributed by atoms with Crippen molar-refractivity contribution >= 4 is 11.9 Å². The summed E-state index contributed by atoms with van der Waals surface area (Å²) in [4.78, 5) is 23.6. The van der Waals surface area contributed by atoms with Crippen molar-refractivity contribution in [3.05, 3.63) is 11.6 Å². The van der Waals surface area contributed by atoms with E-state index in [2.05, 4.69) is 6.92 Å². The zero-order valence-corrected chi connectivity index (χ0v) is 18.7. The molecule has 0 aliphatic heterocycles. The van der Waals surface area contributed by atoms with Crippen LogP contribution < -0.4 is 0 Å². The Hall–Kier alpha value is -1.32. The second kappa shape index (κ2) is 20.4. The van der Waals surface area contributed by atoms with Crippen molar-refractivity contribution in [3.8, 4) is 0 Å². The molecule has 0 fully saturated rings. The Bertz CT molecular complexity index is 415. The van der Waals surface area contributed by atoms with Crippen molar-refractivity contribution in [2.45, 2.75) is 117 Å². The highest BCUT2D eigenvalue weighted by molar-refractivity contribution is 5.96. The first-order valence-electron chi connectivity index (χ1n) is 11.7. The largest absolute Gasteiger partial charge is 0.463 e. The SMILES string of the molecule is CCCCCCCCCCCCCCCC/C(=C/C(=O)OCC)C(=O)OCC. The van der Waals surface area contributed by atoms with Gasteiger partial charge in [-0.2, -0.15) is 0 Å². The number of unbranched alkanes of at least 4 members (excludes halogenated alkanes) is 13. The molecule has 28 heavy (non-hydrogen) atoms. The quantitative estimate of drug-likeness (QED) is 0.135. The lowest BCUT2D eigenvalue weighted by atomic mass is 10.0. The molecule has 0 rings (SSSR count). The fraction of sp³-hybridized carbons (Fsp3) is 0.833. The summed E-state index contributed by atoms with van der Waals surface area (Å²) in [5, 5.41) is 0. The maximum atomic E-state index is 11.9. The van der Waals surface area contributed by atoms with Crippen molar-refractivity contribution in [2.75, 3.05) is 13.2 Å². The van der Waals surface area contributed by atoms with Gasteiger partial charge in [0.25, 0.3) is 0 Å². The normalized spacial score (nSPS) is 11.5. The number of esters is 2. The van der Waals surface area contributed by atoms with Crippen LogP contribution in [0.15, 0.2) is 11.6 Å². The van der Waals surface area contributed by atoms with Gasteiger partial charge < -0.3 is 9.47 Å². The molecule has 0 saturated heterocycles. The summed E-state index contributed by atoms with van der Waals surface area (Å²) < 4.78 is 9.94. The van der Waals surface area contributed by atoms with E-state index in [0.29, 0.717) is 25.2 Å². The smallest absolute Gasteiger partial charge is 0.334 e. The fourth-order valence-electron chi connectivity index (χ4n) is 3.29. The minimum Gasteiger partial charge on any atom is -0.463 e. The number of hydrogen-bond acceptors (Lipinski definition) is 4. The van der Waals surface area contributed by atoms with E-state index in [9.17, 15) is 9.59 Å². The van der Waals surface area contributed by atoms with Crippen LogP contribution in [0.5, 0.6) is 0 Å². The first-order valence-corrected chi connectivity index (χ1v) is 11.7. The minimum absolute atomic E-state index is 0.310. The summed E-state index contributed by atoms with van der Waals surface area (Å²) >= 11 is 0. The predicted octanol–water partition coefficient (Wildman–Crippen LogP) is 6.91. The van der Waals surface area contributed by atoms with Gasteiger partial charge in [-0.3, -0.25) is 0 Å². The minimum atomic E-state index is -0.462. The van der Waals surface area contributed by atoms with Crippen LogP contribution in [0.3, 0.4) is 0 Å². The van der Waals surface area contributed by atoms with Crippen molar-refractivity contribution in [1.29, 1.82) is 0 Å². The summed E-state index contributed by atoms with van der Waals surface area (Å²) in [5.74, 6) is -0.860. The summed E-state index contributed by atoms with van der Waals surface area (Å²) in [6, 6.07) is 0. The molecule has 0 aliphatic carbocycles. The highest BCUT2D eigenvalue weighted by Crippen LogP contribution is 2.15. The van der Waals surface area contributed by atoms with E-state index in [4.69, 9.17) is 9.47 Å². The fourth-order valence-corrected chi connectivity index (χ4v) is 3.29. The lowest BCUT2D eigenvalue weighted by molar-refractivity contribution is -0.141. The van der Waals surface area contributed by atoms with E-state index in [0.717, 1.165) is 12.8 Å². The Morgan fingerprint density at radius 1 is 0.607 bits per heavy atom. The highest BCUT2D eigenvalue weighted by atomic mass is 16.5. The summed E-state index contributed by atoms with van der Waals surface area (Å²) in [7, 11) is 0. The van der Waals surface area contributed by atoms with Gasteiger partial charge in [-0.1, -0.05) is 90.4 Å². The maximum absolute atomic E-state index is 11.9. The monoisotopic (exact) mass is 396 g/mol. The van der Waals surface area contributed by atoms with E-state index in [1.165, 1.54) is 83.1 Å². The topological polar surface area (TPSA) is 52.6 Å². The molecule has 0 heterocycles. The van der Waals surface area contributed by atoms with Crippen LogP contribution in [-0.2, 0) is 19.1 Å². The summed E-state index contributed by atoms with van der Waals surface area (Å²) in [6.45, 7) is 6.41.